The number of phenols is 2. The number of benzene rings is 3. The molecule has 146 valence electrons. The SMILES string of the molecule is COc1ccc2c(C3COc4cc(O)ccc4C3c3ccc(O)cc3)c[nH]c2c1. The number of aromatic nitrogens is 1. The highest BCUT2D eigenvalue weighted by atomic mass is 16.5. The molecule has 5 heteroatoms. The molecule has 1 aromatic heterocycles. The van der Waals surface area contributed by atoms with Gasteiger partial charge >= 0.3 is 0 Å². The molecule has 0 spiro atoms. The number of aromatic amines is 1. The van der Waals surface area contributed by atoms with Gasteiger partial charge in [0.15, 0.2) is 0 Å². The highest BCUT2D eigenvalue weighted by Gasteiger charge is 2.35. The summed E-state index contributed by atoms with van der Waals surface area (Å²) in [5, 5.41) is 20.8. The van der Waals surface area contributed by atoms with Crippen molar-refractivity contribution in [2.24, 2.45) is 0 Å². The number of hydrogen-bond donors (Lipinski definition) is 3. The molecule has 0 amide bonds. The summed E-state index contributed by atoms with van der Waals surface area (Å²) in [6.07, 6.45) is 2.04. The van der Waals surface area contributed by atoms with Crippen LogP contribution < -0.4 is 9.47 Å². The summed E-state index contributed by atoms with van der Waals surface area (Å²) in [7, 11) is 1.66. The molecule has 4 aromatic rings. The maximum Gasteiger partial charge on any atom is 0.126 e. The van der Waals surface area contributed by atoms with Gasteiger partial charge in [0, 0.05) is 46.6 Å². The quantitative estimate of drug-likeness (QED) is 0.468. The largest absolute Gasteiger partial charge is 0.508 e. The summed E-state index contributed by atoms with van der Waals surface area (Å²) >= 11 is 0. The molecular formula is C24H21NO4. The number of rotatable bonds is 3. The summed E-state index contributed by atoms with van der Waals surface area (Å²) < 4.78 is 11.4. The maximum absolute atomic E-state index is 9.89. The molecule has 2 heterocycles. The predicted octanol–water partition coefficient (Wildman–Crippen LogP) is 4.90. The van der Waals surface area contributed by atoms with Crippen LogP contribution in [0.1, 0.15) is 28.5 Å². The number of ether oxygens (including phenoxy) is 2. The Kier molecular flexibility index (Phi) is 4.09. The molecule has 0 bridgehead atoms. The van der Waals surface area contributed by atoms with E-state index >= 15 is 0 Å². The van der Waals surface area contributed by atoms with Crippen molar-refractivity contribution in [3.05, 3.63) is 83.6 Å². The van der Waals surface area contributed by atoms with Gasteiger partial charge in [0.25, 0.3) is 0 Å². The minimum Gasteiger partial charge on any atom is -0.508 e. The number of hydrogen-bond acceptors (Lipinski definition) is 4. The zero-order chi connectivity index (χ0) is 20.0. The predicted molar refractivity (Wildman–Crippen MR) is 111 cm³/mol. The molecule has 2 atom stereocenters. The number of H-pyrrole nitrogens is 1. The smallest absolute Gasteiger partial charge is 0.126 e. The first-order chi connectivity index (χ1) is 14.1. The van der Waals surface area contributed by atoms with Gasteiger partial charge in [0.1, 0.15) is 23.0 Å². The van der Waals surface area contributed by atoms with Crippen LogP contribution in [0, 0.1) is 0 Å². The van der Waals surface area contributed by atoms with Crippen LogP contribution in [0.25, 0.3) is 10.9 Å². The Bertz CT molecular complexity index is 1180. The lowest BCUT2D eigenvalue weighted by molar-refractivity contribution is 0.248. The first-order valence-electron chi connectivity index (χ1n) is 9.53. The molecule has 5 rings (SSSR count). The minimum atomic E-state index is 0.0288. The Hall–Kier alpha value is -3.60. The van der Waals surface area contributed by atoms with E-state index < -0.39 is 0 Å². The van der Waals surface area contributed by atoms with E-state index in [2.05, 4.69) is 11.1 Å². The van der Waals surface area contributed by atoms with Gasteiger partial charge in [0.2, 0.25) is 0 Å². The molecule has 0 aliphatic carbocycles. The lowest BCUT2D eigenvalue weighted by Crippen LogP contribution is -2.25. The first kappa shape index (κ1) is 17.5. The summed E-state index contributed by atoms with van der Waals surface area (Å²) in [6, 6.07) is 18.6. The van der Waals surface area contributed by atoms with Crippen LogP contribution in [0.4, 0.5) is 0 Å². The number of fused-ring (bicyclic) bond motifs is 2. The molecule has 3 aromatic carbocycles. The zero-order valence-electron chi connectivity index (χ0n) is 15.9. The molecular weight excluding hydrogens is 366 g/mol. The number of nitrogens with one attached hydrogen (secondary N) is 1. The van der Waals surface area contributed by atoms with Gasteiger partial charge in [-0.1, -0.05) is 18.2 Å². The van der Waals surface area contributed by atoms with E-state index in [1.165, 1.54) is 5.56 Å². The molecule has 0 saturated carbocycles. The van der Waals surface area contributed by atoms with Crippen molar-refractivity contribution in [3.63, 3.8) is 0 Å². The van der Waals surface area contributed by atoms with Crippen LogP contribution in [-0.2, 0) is 0 Å². The van der Waals surface area contributed by atoms with E-state index in [0.717, 1.165) is 27.8 Å². The van der Waals surface area contributed by atoms with Crippen LogP contribution >= 0.6 is 0 Å². The Morgan fingerprint density at radius 3 is 2.52 bits per heavy atom. The van der Waals surface area contributed by atoms with Gasteiger partial charge in [-0.2, -0.15) is 0 Å². The maximum atomic E-state index is 9.89. The fourth-order valence-electron chi connectivity index (χ4n) is 4.32. The highest BCUT2D eigenvalue weighted by molar-refractivity contribution is 5.85. The van der Waals surface area contributed by atoms with Crippen LogP contribution in [0.3, 0.4) is 0 Å². The van der Waals surface area contributed by atoms with E-state index in [1.807, 2.05) is 36.5 Å². The number of phenolic OH excluding ortho intramolecular Hbond substituents is 2. The Morgan fingerprint density at radius 2 is 1.72 bits per heavy atom. The van der Waals surface area contributed by atoms with Crippen molar-refractivity contribution in [2.75, 3.05) is 13.7 Å². The molecule has 29 heavy (non-hydrogen) atoms. The molecule has 5 nitrogen and oxygen atoms in total. The second kappa shape index (κ2) is 6.78. The normalized spacial score (nSPS) is 18.2. The van der Waals surface area contributed by atoms with Crippen molar-refractivity contribution in [1.82, 2.24) is 4.98 Å². The number of methoxy groups -OCH3 is 1. The topological polar surface area (TPSA) is 74.7 Å². The van der Waals surface area contributed by atoms with E-state index in [-0.39, 0.29) is 23.3 Å². The third-order valence-electron chi connectivity index (χ3n) is 5.73. The summed E-state index contributed by atoms with van der Waals surface area (Å²) in [5.41, 5.74) is 4.29. The van der Waals surface area contributed by atoms with Crippen molar-refractivity contribution < 1.29 is 19.7 Å². The van der Waals surface area contributed by atoms with Gasteiger partial charge in [0.05, 0.1) is 13.7 Å². The van der Waals surface area contributed by atoms with Crippen LogP contribution in [0.5, 0.6) is 23.0 Å². The monoisotopic (exact) mass is 387 g/mol. The van der Waals surface area contributed by atoms with Crippen molar-refractivity contribution in [3.8, 4) is 23.0 Å². The Balaban J connectivity index is 1.67. The Labute approximate surface area is 168 Å². The Morgan fingerprint density at radius 1 is 0.931 bits per heavy atom. The summed E-state index contributed by atoms with van der Waals surface area (Å²) in [4.78, 5) is 3.36. The molecule has 1 aliphatic rings. The lowest BCUT2D eigenvalue weighted by atomic mass is 9.76. The molecule has 1 aliphatic heterocycles. The van der Waals surface area contributed by atoms with Crippen molar-refractivity contribution in [1.29, 1.82) is 0 Å². The van der Waals surface area contributed by atoms with Crippen LogP contribution in [0.2, 0.25) is 0 Å². The third kappa shape index (κ3) is 2.95. The standard InChI is InChI=1S/C24H21NO4/c1-28-17-7-9-18-20(12-25-22(18)11-17)21-13-29-23-10-16(27)6-8-19(23)24(21)14-2-4-15(26)5-3-14/h2-12,21,24-27H,13H2,1H3. The second-order valence-electron chi connectivity index (χ2n) is 7.36. The van der Waals surface area contributed by atoms with Gasteiger partial charge in [-0.05, 0) is 41.5 Å². The number of aromatic hydroxyl groups is 2. The average Bonchev–Trinajstić information content (AvgIpc) is 3.16. The highest BCUT2D eigenvalue weighted by Crippen LogP contribution is 2.48. The first-order valence-corrected chi connectivity index (χ1v) is 9.53. The molecule has 2 unspecified atom stereocenters. The third-order valence-corrected chi connectivity index (χ3v) is 5.73. The second-order valence-corrected chi connectivity index (χ2v) is 7.36. The van der Waals surface area contributed by atoms with Crippen molar-refractivity contribution in [2.45, 2.75) is 11.8 Å². The molecule has 0 saturated heterocycles. The van der Waals surface area contributed by atoms with E-state index in [4.69, 9.17) is 9.47 Å². The lowest BCUT2D eigenvalue weighted by Gasteiger charge is -2.34. The fraction of sp³-hybridized carbons (Fsp3) is 0.167. The van der Waals surface area contributed by atoms with Gasteiger partial charge in [-0.3, -0.25) is 0 Å². The molecule has 0 fully saturated rings. The van der Waals surface area contributed by atoms with E-state index in [9.17, 15) is 10.2 Å². The molecule has 0 radical (unpaired) electrons. The van der Waals surface area contributed by atoms with Gasteiger partial charge < -0.3 is 24.7 Å². The van der Waals surface area contributed by atoms with Gasteiger partial charge in [-0.25, -0.2) is 0 Å². The van der Waals surface area contributed by atoms with Crippen LogP contribution in [-0.4, -0.2) is 28.9 Å². The van der Waals surface area contributed by atoms with E-state index in [0.29, 0.717) is 12.4 Å². The zero-order valence-corrected chi connectivity index (χ0v) is 15.9. The van der Waals surface area contributed by atoms with Crippen LogP contribution in [0.15, 0.2) is 66.9 Å². The fourth-order valence-corrected chi connectivity index (χ4v) is 4.32. The summed E-state index contributed by atoms with van der Waals surface area (Å²) in [5.74, 6) is 2.02. The van der Waals surface area contributed by atoms with Crippen molar-refractivity contribution >= 4 is 10.9 Å². The van der Waals surface area contributed by atoms with E-state index in [1.54, 1.807) is 31.4 Å². The minimum absolute atomic E-state index is 0.0288. The summed E-state index contributed by atoms with van der Waals surface area (Å²) in [6.45, 7) is 0.487. The van der Waals surface area contributed by atoms with Gasteiger partial charge in [-0.15, -0.1) is 0 Å². The average molecular weight is 387 g/mol. The molecule has 3 N–H and O–H groups in total.